The van der Waals surface area contributed by atoms with E-state index in [0.717, 1.165) is 73.9 Å². The first-order valence-electron chi connectivity index (χ1n) is 27.3. The average molecular weight is 1180 g/mol. The van der Waals surface area contributed by atoms with Gasteiger partial charge in [0, 0.05) is 149 Å². The summed E-state index contributed by atoms with van der Waals surface area (Å²) in [7, 11) is -1.30. The van der Waals surface area contributed by atoms with Gasteiger partial charge in [-0.05, 0) is 122 Å². The number of anilines is 5. The van der Waals surface area contributed by atoms with Crippen molar-refractivity contribution in [3.8, 4) is 11.5 Å². The summed E-state index contributed by atoms with van der Waals surface area (Å²) >= 11 is 0. The predicted molar refractivity (Wildman–Crippen MR) is 322 cm³/mol. The van der Waals surface area contributed by atoms with E-state index in [9.17, 15) is 26.4 Å². The number of nitrogens with two attached hydrogens (primary N) is 1. The van der Waals surface area contributed by atoms with Crippen molar-refractivity contribution in [2.75, 3.05) is 152 Å². The van der Waals surface area contributed by atoms with Crippen LogP contribution in [0.1, 0.15) is 34.2 Å². The quantitative estimate of drug-likeness (QED) is 0.0528. The van der Waals surface area contributed by atoms with Crippen LogP contribution in [0.3, 0.4) is 0 Å². The molecule has 0 amide bonds. The number of hydrogen-bond acceptors (Lipinski definition) is 20. The first-order chi connectivity index (χ1) is 39.9. The molecule has 0 bridgehead atoms. The molecule has 448 valence electrons. The number of methoxy groups -OCH3 is 2. The van der Waals surface area contributed by atoms with Gasteiger partial charge in [-0.3, -0.25) is 19.6 Å². The Hall–Kier alpha value is -7.48. The summed E-state index contributed by atoms with van der Waals surface area (Å²) in [5, 5.41) is 0. The number of ether oxygens (including phenoxy) is 5. The van der Waals surface area contributed by atoms with Crippen LogP contribution in [0.15, 0.2) is 120 Å². The highest BCUT2D eigenvalue weighted by Crippen LogP contribution is 2.30. The first-order valence-corrected chi connectivity index (χ1v) is 30.2. The van der Waals surface area contributed by atoms with Gasteiger partial charge in [-0.15, -0.1) is 0 Å². The van der Waals surface area contributed by atoms with Gasteiger partial charge in [-0.2, -0.15) is 4.31 Å². The zero-order valence-electron chi connectivity index (χ0n) is 48.8. The van der Waals surface area contributed by atoms with E-state index < -0.39 is 20.0 Å². The molecule has 2 aliphatic rings. The molecule has 0 atom stereocenters. The summed E-state index contributed by atoms with van der Waals surface area (Å²) in [5.41, 5.74) is 12.0. The zero-order chi connectivity index (χ0) is 59.9. The summed E-state index contributed by atoms with van der Waals surface area (Å²) in [5.74, 6) is 3.05. The molecule has 2 saturated heterocycles. The normalized spacial score (nSPS) is 13.7. The SMILES string of the molecule is COCCOc1cc(C)c(S(=O)(=O)N(C)CCC(=O)Cc2ccc(N3CCN(c4ccncc4)CC3)nc2)c(C)c1.COCCOc1cc(C)c(S(=O)(=O)N(C)CCOC=O)c(C)c1.Nc1ccc(N2CCN(c3ccncc3)CC2)nc1. The third kappa shape index (κ3) is 18.8. The van der Waals surface area contributed by atoms with E-state index in [1.54, 1.807) is 78.6 Å². The Morgan fingerprint density at radius 2 is 0.976 bits per heavy atom. The molecule has 8 rings (SSSR count). The lowest BCUT2D eigenvalue weighted by atomic mass is 10.1. The number of rotatable bonds is 25. The van der Waals surface area contributed by atoms with Gasteiger partial charge in [0.1, 0.15) is 48.7 Å². The molecule has 22 nitrogen and oxygen atoms in total. The number of Topliss-reactive ketones (excluding diaryl/α,β-unsaturated/α-hetero) is 1. The summed E-state index contributed by atoms with van der Waals surface area (Å²) < 4.78 is 80.0. The van der Waals surface area contributed by atoms with Crippen LogP contribution in [-0.4, -0.2) is 184 Å². The van der Waals surface area contributed by atoms with Crippen molar-refractivity contribution >= 4 is 61.0 Å². The van der Waals surface area contributed by atoms with Crippen LogP contribution in [-0.2, 0) is 50.3 Å². The summed E-state index contributed by atoms with van der Waals surface area (Å²) in [4.78, 5) is 49.7. The van der Waals surface area contributed by atoms with Gasteiger partial charge >= 0.3 is 0 Å². The van der Waals surface area contributed by atoms with Crippen molar-refractivity contribution < 1.29 is 50.1 Å². The Bertz CT molecular complexity index is 3160. The number of likely N-dealkylation sites (N-methyl/N-ethyl adjacent to an activating group) is 1. The van der Waals surface area contributed by atoms with Gasteiger partial charge in [0.25, 0.3) is 6.47 Å². The molecule has 6 heterocycles. The van der Waals surface area contributed by atoms with Crippen molar-refractivity contribution in [3.05, 3.63) is 138 Å². The molecule has 0 saturated carbocycles. The Labute approximate surface area is 489 Å². The molecule has 0 aliphatic carbocycles. The number of carbonyl (C=O) groups is 2. The van der Waals surface area contributed by atoms with E-state index in [1.807, 2.05) is 61.2 Å². The van der Waals surface area contributed by atoms with E-state index in [2.05, 4.69) is 56.4 Å². The number of benzene rings is 2. The Kier molecular flexibility index (Phi) is 24.8. The maximum atomic E-state index is 13.3. The van der Waals surface area contributed by atoms with Crippen LogP contribution >= 0.6 is 0 Å². The summed E-state index contributed by atoms with van der Waals surface area (Å²) in [6, 6.07) is 22.7. The van der Waals surface area contributed by atoms with Crippen LogP contribution < -0.4 is 34.8 Å². The second-order valence-electron chi connectivity index (χ2n) is 19.9. The number of piperazine rings is 2. The highest BCUT2D eigenvalue weighted by Gasteiger charge is 2.28. The second-order valence-corrected chi connectivity index (χ2v) is 23.8. The standard InChI is InChI=1S/C30H39N5O5S.C15H23NO6S.C14H17N5/c1-23-19-28(40-18-17-39-4)20-24(2)30(23)41(37,38)33(3)12-9-27(36)21-25-5-6-29(32-22-25)35-15-13-34(14-16-35)26-7-10-31-11-8-26;1-12-9-14(22-8-7-20-4)10-13(2)15(12)23(18,19)16(3)5-6-21-11-17;15-12-1-2-14(17-11-12)19-9-7-18(8-10-19)13-3-5-16-6-4-13/h5-8,10-11,19-20,22H,9,12-18,21H2,1-4H3;9-11H,5-8H2,1-4H3;1-6,11H,7-10,15H2. The molecule has 2 aromatic carbocycles. The largest absolute Gasteiger partial charge is 0.491 e. The first kappa shape index (κ1) is 64.7. The second kappa shape index (κ2) is 31.8. The predicted octanol–water partition coefficient (Wildman–Crippen LogP) is 5.78. The molecule has 2 N–H and O–H groups in total. The van der Waals surface area contributed by atoms with Gasteiger partial charge in [0.2, 0.25) is 20.0 Å². The molecule has 24 heteroatoms. The molecular weight excluding hydrogens is 1100 g/mol. The molecule has 0 radical (unpaired) electrons. The van der Waals surface area contributed by atoms with Gasteiger partial charge in [-0.1, -0.05) is 6.07 Å². The van der Waals surface area contributed by atoms with E-state index in [1.165, 1.54) is 29.8 Å². The number of sulfonamides is 2. The molecule has 6 aromatic rings. The number of nitrogen functional groups attached to an aromatic ring is 1. The van der Waals surface area contributed by atoms with Crippen LogP contribution in [0.4, 0.5) is 28.7 Å². The zero-order valence-corrected chi connectivity index (χ0v) is 50.5. The van der Waals surface area contributed by atoms with Crippen LogP contribution in [0.2, 0.25) is 0 Å². The maximum Gasteiger partial charge on any atom is 0.293 e. The van der Waals surface area contributed by atoms with Gasteiger partial charge in [0.05, 0.1) is 34.9 Å². The van der Waals surface area contributed by atoms with Gasteiger partial charge in [-0.25, -0.2) is 31.1 Å². The molecule has 0 unspecified atom stereocenters. The third-order valence-electron chi connectivity index (χ3n) is 13.9. The molecule has 0 spiro atoms. The molecule has 83 heavy (non-hydrogen) atoms. The smallest absolute Gasteiger partial charge is 0.293 e. The number of ketones is 1. The Morgan fingerprint density at radius 3 is 1.36 bits per heavy atom. The number of aromatic nitrogens is 4. The lowest BCUT2D eigenvalue weighted by Gasteiger charge is -2.36. The molecular formula is C59H79N11O11S2. The highest BCUT2D eigenvalue weighted by molar-refractivity contribution is 7.89. The van der Waals surface area contributed by atoms with E-state index >= 15 is 0 Å². The Balaban J connectivity index is 0.000000221. The van der Waals surface area contributed by atoms with Crippen molar-refractivity contribution in [2.45, 2.75) is 50.3 Å². The average Bonchev–Trinajstić information content (AvgIpc) is 3.32. The topological polar surface area (TPSA) is 246 Å². The molecule has 2 aliphatic heterocycles. The van der Waals surface area contributed by atoms with Gasteiger partial charge in [0.15, 0.2) is 0 Å². The number of carbonyl (C=O) groups excluding carboxylic acids is 2. The lowest BCUT2D eigenvalue weighted by Crippen LogP contribution is -2.46. The van der Waals surface area contributed by atoms with Crippen LogP contribution in [0, 0.1) is 27.7 Å². The van der Waals surface area contributed by atoms with E-state index in [4.69, 9.17) is 24.7 Å². The van der Waals surface area contributed by atoms with Crippen molar-refractivity contribution in [1.82, 2.24) is 28.5 Å². The number of nitrogens with zero attached hydrogens (tertiary/aromatic N) is 10. The van der Waals surface area contributed by atoms with Crippen molar-refractivity contribution in [2.24, 2.45) is 0 Å². The highest BCUT2D eigenvalue weighted by atomic mass is 32.2. The number of hydrogen-bond donors (Lipinski definition) is 1. The minimum absolute atomic E-state index is 0.00946. The third-order valence-corrected chi connectivity index (χ3v) is 18.2. The number of pyridine rings is 4. The van der Waals surface area contributed by atoms with Crippen molar-refractivity contribution in [1.29, 1.82) is 0 Å². The fourth-order valence-corrected chi connectivity index (χ4v) is 12.6. The molecule has 4 aromatic heterocycles. The van der Waals surface area contributed by atoms with Crippen LogP contribution in [0.5, 0.6) is 11.5 Å². The van der Waals surface area contributed by atoms with E-state index in [-0.39, 0.29) is 48.1 Å². The minimum Gasteiger partial charge on any atom is -0.491 e. The monoisotopic (exact) mass is 1180 g/mol. The Morgan fingerprint density at radius 1 is 0.566 bits per heavy atom. The fourth-order valence-electron chi connectivity index (χ4n) is 9.46. The summed E-state index contributed by atoms with van der Waals surface area (Å²) in [6.07, 6.45) is 11.1. The summed E-state index contributed by atoms with van der Waals surface area (Å²) in [6.45, 7) is 16.6. The van der Waals surface area contributed by atoms with Gasteiger partial charge < -0.3 is 49.0 Å². The minimum atomic E-state index is -3.77. The van der Waals surface area contributed by atoms with Crippen molar-refractivity contribution in [3.63, 3.8) is 0 Å². The lowest BCUT2D eigenvalue weighted by molar-refractivity contribution is -0.128. The fraction of sp³-hybridized carbons (Fsp3) is 0.424. The maximum absolute atomic E-state index is 13.3. The number of aryl methyl sites for hydroxylation is 4. The van der Waals surface area contributed by atoms with Crippen LogP contribution in [0.25, 0.3) is 0 Å². The molecule has 2 fully saturated rings. The van der Waals surface area contributed by atoms with E-state index in [0.29, 0.717) is 72.3 Å².